The van der Waals surface area contributed by atoms with Gasteiger partial charge in [-0.05, 0) is 18.1 Å². The van der Waals surface area contributed by atoms with Gasteiger partial charge < -0.3 is 9.47 Å². The second-order valence-electron chi connectivity index (χ2n) is 5.00. The molecule has 0 aliphatic heterocycles. The second kappa shape index (κ2) is 7.47. The molecular weight excluding hydrogens is 268 g/mol. The monoisotopic (exact) mass is 288 g/mol. The summed E-state index contributed by atoms with van der Waals surface area (Å²) in [6, 6.07) is 9.56. The normalized spacial score (nSPS) is 10.6. The third-order valence-corrected chi connectivity index (χ3v) is 3.00. The number of aromatic amines is 1. The molecule has 0 saturated carbocycles. The van der Waals surface area contributed by atoms with E-state index in [2.05, 4.69) is 10.2 Å². The molecule has 0 unspecified atom stereocenters. The fourth-order valence-electron chi connectivity index (χ4n) is 1.91. The molecule has 0 aliphatic rings. The minimum absolute atomic E-state index is 0.205. The molecular formula is C16H20N2O3. The first-order valence-corrected chi connectivity index (χ1v) is 7.06. The molecule has 0 atom stereocenters. The van der Waals surface area contributed by atoms with E-state index < -0.39 is 0 Å². The average molecular weight is 288 g/mol. The van der Waals surface area contributed by atoms with Gasteiger partial charge in [-0.25, -0.2) is 4.79 Å². The molecule has 0 bridgehead atoms. The van der Waals surface area contributed by atoms with Gasteiger partial charge in [0.25, 0.3) is 0 Å². The lowest BCUT2D eigenvalue weighted by atomic mass is 10.1. The Morgan fingerprint density at radius 1 is 1.24 bits per heavy atom. The number of benzene rings is 1. The SMILES string of the molecule is CC(C)c1[nH]ncc1C(=O)OCCCOc1ccccc1. The maximum atomic E-state index is 11.9. The van der Waals surface area contributed by atoms with Crippen molar-refractivity contribution in [2.24, 2.45) is 0 Å². The summed E-state index contributed by atoms with van der Waals surface area (Å²) in [6.45, 7) is 4.84. The minimum atomic E-state index is -0.341. The van der Waals surface area contributed by atoms with Gasteiger partial charge in [-0.2, -0.15) is 5.10 Å². The number of hydrogen-bond donors (Lipinski definition) is 1. The molecule has 5 heteroatoms. The number of nitrogens with one attached hydrogen (secondary N) is 1. The van der Waals surface area contributed by atoms with E-state index >= 15 is 0 Å². The van der Waals surface area contributed by atoms with Crippen molar-refractivity contribution in [1.29, 1.82) is 0 Å². The maximum absolute atomic E-state index is 11.9. The summed E-state index contributed by atoms with van der Waals surface area (Å²) >= 11 is 0. The van der Waals surface area contributed by atoms with E-state index in [9.17, 15) is 4.79 Å². The number of nitrogens with zero attached hydrogens (tertiary/aromatic N) is 1. The number of H-pyrrole nitrogens is 1. The Morgan fingerprint density at radius 3 is 2.71 bits per heavy atom. The Balaban J connectivity index is 1.71. The van der Waals surface area contributed by atoms with Gasteiger partial charge in [0.15, 0.2) is 0 Å². The standard InChI is InChI=1S/C16H20N2O3/c1-12(2)15-14(11-17-18-15)16(19)21-10-6-9-20-13-7-4-3-5-8-13/h3-5,7-8,11-12H,6,9-10H2,1-2H3,(H,17,18). The predicted octanol–water partition coefficient (Wildman–Crippen LogP) is 3.16. The zero-order valence-electron chi connectivity index (χ0n) is 12.3. The number of carbonyl (C=O) groups excluding carboxylic acids is 1. The summed E-state index contributed by atoms with van der Waals surface area (Å²) < 4.78 is 10.8. The van der Waals surface area contributed by atoms with E-state index in [0.29, 0.717) is 25.2 Å². The zero-order chi connectivity index (χ0) is 15.1. The van der Waals surface area contributed by atoms with Crippen LogP contribution >= 0.6 is 0 Å². The van der Waals surface area contributed by atoms with Gasteiger partial charge in [-0.3, -0.25) is 5.10 Å². The molecule has 0 fully saturated rings. The van der Waals surface area contributed by atoms with Gasteiger partial charge in [0.1, 0.15) is 11.3 Å². The van der Waals surface area contributed by atoms with Crippen molar-refractivity contribution in [3.8, 4) is 5.75 Å². The van der Waals surface area contributed by atoms with Crippen LogP contribution < -0.4 is 4.74 Å². The van der Waals surface area contributed by atoms with E-state index in [4.69, 9.17) is 9.47 Å². The Bertz CT molecular complexity index is 564. The van der Waals surface area contributed by atoms with E-state index in [-0.39, 0.29) is 11.9 Å². The number of ether oxygens (including phenoxy) is 2. The van der Waals surface area contributed by atoms with Gasteiger partial charge in [-0.1, -0.05) is 32.0 Å². The third-order valence-electron chi connectivity index (χ3n) is 3.00. The molecule has 0 aliphatic carbocycles. The highest BCUT2D eigenvalue weighted by atomic mass is 16.5. The summed E-state index contributed by atoms with van der Waals surface area (Å²) in [5, 5.41) is 6.73. The van der Waals surface area contributed by atoms with E-state index in [1.54, 1.807) is 0 Å². The van der Waals surface area contributed by atoms with Crippen LogP contribution in [0.1, 0.15) is 42.2 Å². The van der Waals surface area contributed by atoms with Crippen LogP contribution in [0.2, 0.25) is 0 Å². The molecule has 1 aromatic carbocycles. The Hall–Kier alpha value is -2.30. The lowest BCUT2D eigenvalue weighted by molar-refractivity contribution is 0.0484. The fourth-order valence-corrected chi connectivity index (χ4v) is 1.91. The van der Waals surface area contributed by atoms with E-state index in [0.717, 1.165) is 11.4 Å². The van der Waals surface area contributed by atoms with Crippen LogP contribution in [0.4, 0.5) is 0 Å². The van der Waals surface area contributed by atoms with Crippen LogP contribution in [0.25, 0.3) is 0 Å². The molecule has 0 spiro atoms. The number of hydrogen-bond acceptors (Lipinski definition) is 4. The number of para-hydroxylation sites is 1. The van der Waals surface area contributed by atoms with Crippen LogP contribution in [0.3, 0.4) is 0 Å². The summed E-state index contributed by atoms with van der Waals surface area (Å²) in [7, 11) is 0. The average Bonchev–Trinajstić information content (AvgIpc) is 2.97. The van der Waals surface area contributed by atoms with Crippen LogP contribution in [-0.4, -0.2) is 29.4 Å². The summed E-state index contributed by atoms with van der Waals surface area (Å²) in [5.41, 5.74) is 1.31. The Labute approximate surface area is 124 Å². The first kappa shape index (κ1) is 15.1. The first-order valence-electron chi connectivity index (χ1n) is 7.06. The number of aromatic nitrogens is 2. The van der Waals surface area contributed by atoms with Crippen molar-refractivity contribution in [2.45, 2.75) is 26.2 Å². The molecule has 1 aromatic heterocycles. The lowest BCUT2D eigenvalue weighted by Gasteiger charge is -2.08. The second-order valence-corrected chi connectivity index (χ2v) is 5.00. The highest BCUT2D eigenvalue weighted by molar-refractivity contribution is 5.90. The first-order chi connectivity index (χ1) is 10.2. The molecule has 21 heavy (non-hydrogen) atoms. The highest BCUT2D eigenvalue weighted by Crippen LogP contribution is 2.17. The molecule has 5 nitrogen and oxygen atoms in total. The maximum Gasteiger partial charge on any atom is 0.341 e. The summed E-state index contributed by atoms with van der Waals surface area (Å²) in [6.07, 6.45) is 2.16. The van der Waals surface area contributed by atoms with Gasteiger partial charge in [0.05, 0.1) is 25.1 Å². The van der Waals surface area contributed by atoms with Crippen LogP contribution in [0.5, 0.6) is 5.75 Å². The van der Waals surface area contributed by atoms with Gasteiger partial charge in [0, 0.05) is 6.42 Å². The van der Waals surface area contributed by atoms with Crippen molar-refractivity contribution in [2.75, 3.05) is 13.2 Å². The van der Waals surface area contributed by atoms with Gasteiger partial charge in [0.2, 0.25) is 0 Å². The Kier molecular flexibility index (Phi) is 5.37. The van der Waals surface area contributed by atoms with Gasteiger partial charge in [-0.15, -0.1) is 0 Å². The molecule has 0 radical (unpaired) electrons. The fraction of sp³-hybridized carbons (Fsp3) is 0.375. The number of rotatable bonds is 7. The van der Waals surface area contributed by atoms with Crippen molar-refractivity contribution in [3.05, 3.63) is 47.8 Å². The van der Waals surface area contributed by atoms with E-state index in [1.165, 1.54) is 6.20 Å². The quantitative estimate of drug-likeness (QED) is 0.628. The van der Waals surface area contributed by atoms with Crippen LogP contribution in [0.15, 0.2) is 36.5 Å². The lowest BCUT2D eigenvalue weighted by Crippen LogP contribution is -2.11. The largest absolute Gasteiger partial charge is 0.493 e. The summed E-state index contributed by atoms with van der Waals surface area (Å²) in [5.74, 6) is 0.685. The summed E-state index contributed by atoms with van der Waals surface area (Å²) in [4.78, 5) is 11.9. The Morgan fingerprint density at radius 2 is 2.00 bits per heavy atom. The van der Waals surface area contributed by atoms with Gasteiger partial charge >= 0.3 is 5.97 Å². The van der Waals surface area contributed by atoms with Crippen molar-refractivity contribution >= 4 is 5.97 Å². The zero-order valence-corrected chi connectivity index (χ0v) is 12.3. The molecule has 0 saturated heterocycles. The highest BCUT2D eigenvalue weighted by Gasteiger charge is 2.17. The van der Waals surface area contributed by atoms with Crippen molar-refractivity contribution < 1.29 is 14.3 Å². The third kappa shape index (κ3) is 4.34. The molecule has 1 heterocycles. The van der Waals surface area contributed by atoms with Crippen LogP contribution in [0, 0.1) is 0 Å². The topological polar surface area (TPSA) is 64.2 Å². The predicted molar refractivity (Wildman–Crippen MR) is 79.5 cm³/mol. The molecule has 1 N–H and O–H groups in total. The van der Waals surface area contributed by atoms with Crippen molar-refractivity contribution in [3.63, 3.8) is 0 Å². The number of esters is 1. The molecule has 2 rings (SSSR count). The molecule has 0 amide bonds. The molecule has 112 valence electrons. The van der Waals surface area contributed by atoms with Crippen molar-refractivity contribution in [1.82, 2.24) is 10.2 Å². The van der Waals surface area contributed by atoms with Crippen LogP contribution in [-0.2, 0) is 4.74 Å². The molecule has 2 aromatic rings. The van der Waals surface area contributed by atoms with E-state index in [1.807, 2.05) is 44.2 Å². The minimum Gasteiger partial charge on any atom is -0.493 e. The number of carbonyl (C=O) groups is 1. The smallest absolute Gasteiger partial charge is 0.341 e.